The summed E-state index contributed by atoms with van der Waals surface area (Å²) in [4.78, 5) is 10.4. The molecule has 1 aromatic rings. The number of benzene rings is 1. The Morgan fingerprint density at radius 3 is 2.61 bits per heavy atom. The van der Waals surface area contributed by atoms with Crippen molar-refractivity contribution in [1.82, 2.24) is 0 Å². The van der Waals surface area contributed by atoms with E-state index in [4.69, 9.17) is 16.7 Å². The van der Waals surface area contributed by atoms with Gasteiger partial charge in [-0.2, -0.15) is 13.2 Å². The molecule has 1 rings (SSSR count). The van der Waals surface area contributed by atoms with E-state index < -0.39 is 24.7 Å². The molecule has 3 nitrogen and oxygen atoms in total. The Kier molecular flexibility index (Phi) is 4.86. The maximum absolute atomic E-state index is 12.6. The average molecular weight is 348 g/mol. The van der Waals surface area contributed by atoms with Gasteiger partial charge in [0.2, 0.25) is 6.10 Å². The van der Waals surface area contributed by atoms with Crippen molar-refractivity contribution in [3.05, 3.63) is 27.7 Å². The predicted octanol–water partition coefficient (Wildman–Crippen LogP) is 3.89. The van der Waals surface area contributed by atoms with Gasteiger partial charge in [0.25, 0.3) is 0 Å². The highest BCUT2D eigenvalue weighted by molar-refractivity contribution is 9.10. The van der Waals surface area contributed by atoms with Crippen molar-refractivity contribution in [2.75, 3.05) is 0 Å². The fourth-order valence-corrected chi connectivity index (χ4v) is 1.61. The summed E-state index contributed by atoms with van der Waals surface area (Å²) in [5.74, 6) is -1.84. The standard InChI is InChI=1S/C10H7BrClF3O3/c11-5-1-2-6(12)7(3-5)18-8(4-9(16)17)10(13,14)15/h1-3,8H,4H2,(H,16,17). The highest BCUT2D eigenvalue weighted by Crippen LogP contribution is 2.33. The zero-order valence-electron chi connectivity index (χ0n) is 8.67. The second-order valence-electron chi connectivity index (χ2n) is 3.32. The molecule has 0 aliphatic heterocycles. The van der Waals surface area contributed by atoms with Crippen LogP contribution >= 0.6 is 27.5 Å². The molecule has 0 aromatic heterocycles. The topological polar surface area (TPSA) is 46.5 Å². The third-order valence-corrected chi connectivity index (χ3v) is 2.69. The number of hydrogen-bond donors (Lipinski definition) is 1. The summed E-state index contributed by atoms with van der Waals surface area (Å²) in [6, 6.07) is 4.10. The van der Waals surface area contributed by atoms with Crippen LogP contribution in [0.3, 0.4) is 0 Å². The number of carboxylic acid groups (broad SMARTS) is 1. The molecule has 0 heterocycles. The van der Waals surface area contributed by atoms with Crippen LogP contribution in [0.4, 0.5) is 13.2 Å². The molecule has 0 aliphatic carbocycles. The first-order chi connectivity index (χ1) is 8.20. The van der Waals surface area contributed by atoms with Crippen LogP contribution in [0.25, 0.3) is 0 Å². The molecule has 0 aliphatic rings. The lowest BCUT2D eigenvalue weighted by molar-refractivity contribution is -0.200. The molecule has 1 N–H and O–H groups in total. The number of ether oxygens (including phenoxy) is 1. The summed E-state index contributed by atoms with van der Waals surface area (Å²) in [6.07, 6.45) is -8.42. The molecule has 1 aromatic carbocycles. The molecule has 0 spiro atoms. The van der Waals surface area contributed by atoms with Gasteiger partial charge in [-0.3, -0.25) is 4.79 Å². The van der Waals surface area contributed by atoms with E-state index in [9.17, 15) is 18.0 Å². The zero-order chi connectivity index (χ0) is 13.9. The van der Waals surface area contributed by atoms with Gasteiger partial charge in [-0.05, 0) is 18.2 Å². The minimum atomic E-state index is -4.79. The van der Waals surface area contributed by atoms with Crippen molar-refractivity contribution in [3.8, 4) is 5.75 Å². The van der Waals surface area contributed by atoms with Crippen molar-refractivity contribution in [2.24, 2.45) is 0 Å². The third-order valence-electron chi connectivity index (χ3n) is 1.89. The Morgan fingerprint density at radius 2 is 2.11 bits per heavy atom. The molecular formula is C10H7BrClF3O3. The second kappa shape index (κ2) is 5.79. The van der Waals surface area contributed by atoms with E-state index in [-0.39, 0.29) is 10.8 Å². The van der Waals surface area contributed by atoms with E-state index in [1.165, 1.54) is 18.2 Å². The van der Waals surface area contributed by atoms with Crippen LogP contribution in [-0.2, 0) is 4.79 Å². The van der Waals surface area contributed by atoms with E-state index in [1.54, 1.807) is 0 Å². The number of hydrogen-bond acceptors (Lipinski definition) is 2. The minimum Gasteiger partial charge on any atom is -0.481 e. The Bertz CT molecular complexity index is 450. The van der Waals surface area contributed by atoms with Gasteiger partial charge in [0.05, 0.1) is 11.4 Å². The lowest BCUT2D eigenvalue weighted by Crippen LogP contribution is -2.36. The molecule has 0 saturated carbocycles. The summed E-state index contributed by atoms with van der Waals surface area (Å²) in [6.45, 7) is 0. The number of carbonyl (C=O) groups is 1. The highest BCUT2D eigenvalue weighted by atomic mass is 79.9. The molecular weight excluding hydrogens is 340 g/mol. The van der Waals surface area contributed by atoms with Gasteiger partial charge in [0, 0.05) is 4.47 Å². The molecule has 18 heavy (non-hydrogen) atoms. The van der Waals surface area contributed by atoms with Crippen molar-refractivity contribution < 1.29 is 27.8 Å². The van der Waals surface area contributed by atoms with Gasteiger partial charge < -0.3 is 9.84 Å². The number of rotatable bonds is 4. The second-order valence-corrected chi connectivity index (χ2v) is 4.64. The van der Waals surface area contributed by atoms with Crippen LogP contribution in [0.15, 0.2) is 22.7 Å². The van der Waals surface area contributed by atoms with Crippen LogP contribution in [0, 0.1) is 0 Å². The number of carboxylic acids is 1. The summed E-state index contributed by atoms with van der Waals surface area (Å²) in [5.41, 5.74) is 0. The van der Waals surface area contributed by atoms with Crippen molar-refractivity contribution >= 4 is 33.5 Å². The summed E-state index contributed by atoms with van der Waals surface area (Å²) in [5, 5.41) is 8.40. The lowest BCUT2D eigenvalue weighted by Gasteiger charge is -2.21. The first kappa shape index (κ1) is 15.1. The summed E-state index contributed by atoms with van der Waals surface area (Å²) in [7, 11) is 0. The zero-order valence-corrected chi connectivity index (χ0v) is 11.0. The molecule has 8 heteroatoms. The normalized spacial score (nSPS) is 13.2. The van der Waals surface area contributed by atoms with Crippen molar-refractivity contribution in [2.45, 2.75) is 18.7 Å². The lowest BCUT2D eigenvalue weighted by atomic mass is 10.2. The van der Waals surface area contributed by atoms with Crippen LogP contribution in [0.5, 0.6) is 5.75 Å². The quantitative estimate of drug-likeness (QED) is 0.899. The van der Waals surface area contributed by atoms with Crippen LogP contribution in [0.2, 0.25) is 5.02 Å². The van der Waals surface area contributed by atoms with Gasteiger partial charge in [-0.1, -0.05) is 27.5 Å². The van der Waals surface area contributed by atoms with Crippen LogP contribution in [-0.4, -0.2) is 23.4 Å². The molecule has 1 unspecified atom stereocenters. The van der Waals surface area contributed by atoms with Crippen LogP contribution in [0.1, 0.15) is 6.42 Å². The molecule has 100 valence electrons. The third kappa shape index (κ3) is 4.38. The van der Waals surface area contributed by atoms with Crippen LogP contribution < -0.4 is 4.74 Å². The summed E-state index contributed by atoms with van der Waals surface area (Å²) >= 11 is 8.72. The predicted molar refractivity (Wildman–Crippen MR) is 61.9 cm³/mol. The van der Waals surface area contributed by atoms with Gasteiger partial charge >= 0.3 is 12.1 Å². The fraction of sp³-hybridized carbons (Fsp3) is 0.300. The maximum Gasteiger partial charge on any atom is 0.426 e. The Labute approximate surface area is 114 Å². The first-order valence-corrected chi connectivity index (χ1v) is 5.77. The average Bonchev–Trinajstić information content (AvgIpc) is 2.20. The minimum absolute atomic E-state index is 0.0298. The van der Waals surface area contributed by atoms with E-state index in [0.29, 0.717) is 4.47 Å². The molecule has 1 atom stereocenters. The van der Waals surface area contributed by atoms with Gasteiger partial charge in [0.15, 0.2) is 0 Å². The molecule has 0 saturated heterocycles. The van der Waals surface area contributed by atoms with Gasteiger partial charge in [-0.25, -0.2) is 0 Å². The number of alkyl halides is 3. The van der Waals surface area contributed by atoms with Crippen molar-refractivity contribution in [3.63, 3.8) is 0 Å². The largest absolute Gasteiger partial charge is 0.481 e. The maximum atomic E-state index is 12.6. The van der Waals surface area contributed by atoms with Crippen molar-refractivity contribution in [1.29, 1.82) is 0 Å². The van der Waals surface area contributed by atoms with E-state index in [2.05, 4.69) is 20.7 Å². The molecule has 0 fully saturated rings. The molecule has 0 amide bonds. The molecule has 0 radical (unpaired) electrons. The number of aliphatic carboxylic acids is 1. The Morgan fingerprint density at radius 1 is 1.50 bits per heavy atom. The van der Waals surface area contributed by atoms with E-state index >= 15 is 0 Å². The summed E-state index contributed by atoms with van der Waals surface area (Å²) < 4.78 is 42.8. The molecule has 0 bridgehead atoms. The van der Waals surface area contributed by atoms with E-state index in [1.807, 2.05) is 0 Å². The Hall–Kier alpha value is -0.950. The SMILES string of the molecule is O=C(O)CC(Oc1cc(Br)ccc1Cl)C(F)(F)F. The van der Waals surface area contributed by atoms with Gasteiger partial charge in [-0.15, -0.1) is 0 Å². The first-order valence-electron chi connectivity index (χ1n) is 4.60. The number of halogens is 5. The smallest absolute Gasteiger partial charge is 0.426 e. The fourth-order valence-electron chi connectivity index (χ4n) is 1.10. The highest BCUT2D eigenvalue weighted by Gasteiger charge is 2.43. The van der Waals surface area contributed by atoms with Gasteiger partial charge in [0.1, 0.15) is 5.75 Å². The van der Waals surface area contributed by atoms with E-state index in [0.717, 1.165) is 0 Å². The Balaban J connectivity index is 2.96. The monoisotopic (exact) mass is 346 g/mol.